The largest absolute Gasteiger partial charge is 0.481 e. The number of aliphatic imine (C=N–C) groups is 1. The molecular formula is C23H42N8O9. The molecule has 17 heteroatoms. The number of nitrogens with two attached hydrogens (primary N) is 3. The van der Waals surface area contributed by atoms with Crippen LogP contribution in [0.3, 0.4) is 0 Å². The van der Waals surface area contributed by atoms with Gasteiger partial charge in [-0.05, 0) is 38.5 Å². The van der Waals surface area contributed by atoms with E-state index in [0.29, 0.717) is 0 Å². The van der Waals surface area contributed by atoms with Crippen molar-refractivity contribution < 1.29 is 44.1 Å². The van der Waals surface area contributed by atoms with Gasteiger partial charge in [0, 0.05) is 13.0 Å². The summed E-state index contributed by atoms with van der Waals surface area (Å²) in [6, 6.07) is -6.31. The van der Waals surface area contributed by atoms with Crippen molar-refractivity contribution >= 4 is 41.5 Å². The highest BCUT2D eigenvalue weighted by atomic mass is 16.4. The summed E-state index contributed by atoms with van der Waals surface area (Å²) in [5.41, 5.74) is 16.4. The molecule has 0 aliphatic carbocycles. The smallest absolute Gasteiger partial charge is 0.328 e. The molecule has 0 unspecified atom stereocenters. The van der Waals surface area contributed by atoms with E-state index in [4.69, 9.17) is 32.5 Å². The van der Waals surface area contributed by atoms with E-state index in [1.54, 1.807) is 13.8 Å². The number of aliphatic hydroxyl groups excluding tert-OH is 1. The second kappa shape index (κ2) is 18.3. The second-order valence-electron chi connectivity index (χ2n) is 9.55. The van der Waals surface area contributed by atoms with Gasteiger partial charge in [-0.25, -0.2) is 4.79 Å². The van der Waals surface area contributed by atoms with Crippen LogP contribution in [0, 0.1) is 5.92 Å². The Hall–Kier alpha value is -3.99. The Morgan fingerprint density at radius 3 is 1.82 bits per heavy atom. The highest BCUT2D eigenvalue weighted by Gasteiger charge is 2.30. The summed E-state index contributed by atoms with van der Waals surface area (Å²) < 4.78 is 0. The molecule has 4 amide bonds. The van der Waals surface area contributed by atoms with Crippen LogP contribution in [0.4, 0.5) is 0 Å². The number of guanidine groups is 1. The molecule has 0 radical (unpaired) electrons. The summed E-state index contributed by atoms with van der Waals surface area (Å²) in [7, 11) is 0. The molecule has 40 heavy (non-hydrogen) atoms. The van der Waals surface area contributed by atoms with Gasteiger partial charge >= 0.3 is 11.9 Å². The molecule has 13 N–H and O–H groups in total. The van der Waals surface area contributed by atoms with Crippen LogP contribution >= 0.6 is 0 Å². The van der Waals surface area contributed by atoms with Crippen LogP contribution in [0.1, 0.15) is 52.9 Å². The van der Waals surface area contributed by atoms with Crippen molar-refractivity contribution in [3.8, 4) is 0 Å². The normalized spacial score (nSPS) is 14.6. The minimum atomic E-state index is -1.57. The maximum Gasteiger partial charge on any atom is 0.328 e. The summed E-state index contributed by atoms with van der Waals surface area (Å²) in [6.07, 6.45) is -0.0706. The number of carbonyl (C=O) groups excluding carboxylic acids is 4. The lowest BCUT2D eigenvalue weighted by Gasteiger charge is -2.26. The van der Waals surface area contributed by atoms with Gasteiger partial charge in [0.1, 0.15) is 24.2 Å². The molecule has 0 saturated heterocycles. The Bertz CT molecular complexity index is 924. The van der Waals surface area contributed by atoms with Gasteiger partial charge < -0.3 is 53.8 Å². The Morgan fingerprint density at radius 2 is 1.32 bits per heavy atom. The van der Waals surface area contributed by atoms with E-state index in [1.165, 1.54) is 6.92 Å². The number of rotatable bonds is 19. The molecule has 5 atom stereocenters. The summed E-state index contributed by atoms with van der Waals surface area (Å²) >= 11 is 0. The van der Waals surface area contributed by atoms with Crippen LogP contribution in [0.2, 0.25) is 0 Å². The SMILES string of the molecule is CC(C)C[C@H](NC(=O)[C@H](CCCN=C(N)N)NC(=O)[C@@H](N)CCC(=O)O)C(=O)N[C@@H](C)C(=O)N[C@@H](CO)C(=O)O. The maximum absolute atomic E-state index is 13.2. The average molecular weight is 575 g/mol. The first-order valence-corrected chi connectivity index (χ1v) is 12.7. The van der Waals surface area contributed by atoms with E-state index in [-0.39, 0.29) is 50.5 Å². The zero-order valence-electron chi connectivity index (χ0n) is 22.9. The first-order valence-electron chi connectivity index (χ1n) is 12.7. The lowest BCUT2D eigenvalue weighted by Crippen LogP contribution is -2.58. The van der Waals surface area contributed by atoms with Crippen LogP contribution < -0.4 is 38.5 Å². The van der Waals surface area contributed by atoms with Crippen molar-refractivity contribution in [1.82, 2.24) is 21.3 Å². The number of hydrogen-bond acceptors (Lipinski definition) is 9. The topological polar surface area (TPSA) is 302 Å². The van der Waals surface area contributed by atoms with Gasteiger partial charge in [-0.3, -0.25) is 29.0 Å². The maximum atomic E-state index is 13.2. The molecule has 228 valence electrons. The minimum Gasteiger partial charge on any atom is -0.481 e. The van der Waals surface area contributed by atoms with E-state index in [0.717, 1.165) is 0 Å². The summed E-state index contributed by atoms with van der Waals surface area (Å²) in [6.45, 7) is 4.16. The lowest BCUT2D eigenvalue weighted by atomic mass is 10.0. The number of aliphatic carboxylic acids is 2. The Labute approximate surface area is 231 Å². The molecule has 0 aromatic heterocycles. The molecule has 0 rings (SSSR count). The summed E-state index contributed by atoms with van der Waals surface area (Å²) in [5, 5.41) is 36.4. The number of aliphatic hydroxyl groups is 1. The van der Waals surface area contributed by atoms with Gasteiger partial charge in [0.15, 0.2) is 5.96 Å². The highest BCUT2D eigenvalue weighted by Crippen LogP contribution is 2.08. The number of carbonyl (C=O) groups is 6. The first kappa shape index (κ1) is 36.0. The van der Waals surface area contributed by atoms with Crippen LogP contribution in [-0.4, -0.2) is 100 Å². The van der Waals surface area contributed by atoms with Crippen molar-refractivity contribution in [1.29, 1.82) is 0 Å². The number of amides is 4. The molecule has 17 nitrogen and oxygen atoms in total. The third-order valence-corrected chi connectivity index (χ3v) is 5.47. The van der Waals surface area contributed by atoms with Gasteiger partial charge in [-0.15, -0.1) is 0 Å². The quantitative estimate of drug-likeness (QED) is 0.0405. The van der Waals surface area contributed by atoms with Crippen molar-refractivity contribution in [3.05, 3.63) is 0 Å². The van der Waals surface area contributed by atoms with Crippen molar-refractivity contribution in [3.63, 3.8) is 0 Å². The first-order chi connectivity index (χ1) is 18.6. The van der Waals surface area contributed by atoms with Crippen LogP contribution in [0.25, 0.3) is 0 Å². The van der Waals surface area contributed by atoms with Gasteiger partial charge in [-0.2, -0.15) is 0 Å². The van der Waals surface area contributed by atoms with E-state index < -0.39 is 72.4 Å². The predicted octanol–water partition coefficient (Wildman–Crippen LogP) is -3.69. The van der Waals surface area contributed by atoms with Crippen LogP contribution in [0.15, 0.2) is 4.99 Å². The Morgan fingerprint density at radius 1 is 0.775 bits per heavy atom. The molecular weight excluding hydrogens is 532 g/mol. The zero-order valence-corrected chi connectivity index (χ0v) is 22.9. The van der Waals surface area contributed by atoms with E-state index in [2.05, 4.69) is 26.3 Å². The van der Waals surface area contributed by atoms with E-state index in [1.807, 2.05) is 0 Å². The highest BCUT2D eigenvalue weighted by molar-refractivity contribution is 5.95. The average Bonchev–Trinajstić information content (AvgIpc) is 2.85. The number of carboxylic acids is 2. The van der Waals surface area contributed by atoms with Gasteiger partial charge in [0.05, 0.1) is 12.6 Å². The van der Waals surface area contributed by atoms with Gasteiger partial charge in [-0.1, -0.05) is 13.8 Å². The fraction of sp³-hybridized carbons (Fsp3) is 0.696. The number of hydrogen-bond donors (Lipinski definition) is 10. The van der Waals surface area contributed by atoms with E-state index in [9.17, 15) is 28.8 Å². The third kappa shape index (κ3) is 14.8. The molecule has 0 fully saturated rings. The minimum absolute atomic E-state index is 0.0482. The standard InChI is InChI=1S/C23H42N8O9/c1-11(2)9-15(21(38)28-12(3)18(35)31-16(10-32)22(39)40)30-20(37)14(5-4-8-27-23(25)26)29-19(36)13(24)6-7-17(33)34/h11-16,32H,4-10,24H2,1-3H3,(H,28,38)(H,29,36)(H,30,37)(H,31,35)(H,33,34)(H,39,40)(H4,25,26,27)/t12-,13-,14-,15-,16-/m0/s1. The van der Waals surface area contributed by atoms with Crippen molar-refractivity contribution in [2.75, 3.05) is 13.2 Å². The van der Waals surface area contributed by atoms with Crippen molar-refractivity contribution in [2.45, 2.75) is 83.1 Å². The second-order valence-corrected chi connectivity index (χ2v) is 9.55. The molecule has 0 heterocycles. The molecule has 0 bridgehead atoms. The van der Waals surface area contributed by atoms with Crippen molar-refractivity contribution in [2.24, 2.45) is 28.1 Å². The predicted molar refractivity (Wildman–Crippen MR) is 142 cm³/mol. The molecule has 0 saturated carbocycles. The monoisotopic (exact) mass is 574 g/mol. The Balaban J connectivity index is 5.60. The number of nitrogens with zero attached hydrogens (tertiary/aromatic N) is 1. The molecule has 0 aliphatic heterocycles. The lowest BCUT2D eigenvalue weighted by molar-refractivity contribution is -0.143. The molecule has 0 aromatic rings. The summed E-state index contributed by atoms with van der Waals surface area (Å²) in [5.74, 6) is -5.99. The fourth-order valence-electron chi connectivity index (χ4n) is 3.30. The van der Waals surface area contributed by atoms with E-state index >= 15 is 0 Å². The zero-order chi connectivity index (χ0) is 31.0. The molecule has 0 aromatic carbocycles. The number of carboxylic acid groups (broad SMARTS) is 2. The Kier molecular flexibility index (Phi) is 16.5. The number of nitrogens with one attached hydrogen (secondary N) is 4. The summed E-state index contributed by atoms with van der Waals surface area (Å²) in [4.78, 5) is 76.6. The third-order valence-electron chi connectivity index (χ3n) is 5.47. The fourth-order valence-corrected chi connectivity index (χ4v) is 3.30. The van der Waals surface area contributed by atoms with Gasteiger partial charge in [0.25, 0.3) is 0 Å². The van der Waals surface area contributed by atoms with Crippen LogP contribution in [-0.2, 0) is 28.8 Å². The molecule has 0 spiro atoms. The van der Waals surface area contributed by atoms with Crippen LogP contribution in [0.5, 0.6) is 0 Å². The molecule has 0 aliphatic rings. The van der Waals surface area contributed by atoms with Gasteiger partial charge in [0.2, 0.25) is 23.6 Å².